The number of benzene rings is 2. The van der Waals surface area contributed by atoms with Crippen LogP contribution in [0.1, 0.15) is 53.9 Å². The molecule has 3 atom stereocenters. The van der Waals surface area contributed by atoms with Gasteiger partial charge in [-0.25, -0.2) is 0 Å². The van der Waals surface area contributed by atoms with E-state index in [2.05, 4.69) is 24.3 Å². The minimum atomic E-state index is -0.719. The van der Waals surface area contributed by atoms with Crippen molar-refractivity contribution in [3.63, 3.8) is 0 Å². The van der Waals surface area contributed by atoms with E-state index in [4.69, 9.17) is 4.74 Å². The molecule has 2 bridgehead atoms. The lowest BCUT2D eigenvalue weighted by Crippen LogP contribution is -2.49. The maximum atomic E-state index is 13.7. The Balaban J connectivity index is 1.53. The molecule has 5 aliphatic rings. The molecule has 3 aliphatic carbocycles. The summed E-state index contributed by atoms with van der Waals surface area (Å²) in [6.07, 6.45) is 1.91. The number of likely N-dealkylation sites (tertiary alicyclic amines) is 1. The summed E-state index contributed by atoms with van der Waals surface area (Å²) in [7, 11) is 0. The highest BCUT2D eigenvalue weighted by molar-refractivity contribution is 6.10. The summed E-state index contributed by atoms with van der Waals surface area (Å²) in [4.78, 5) is 28.8. The van der Waals surface area contributed by atoms with E-state index < -0.39 is 5.41 Å². The maximum Gasteiger partial charge on any atom is 0.237 e. The van der Waals surface area contributed by atoms with Crippen molar-refractivity contribution in [2.24, 2.45) is 11.3 Å². The molecule has 7 rings (SSSR count). The fourth-order valence-electron chi connectivity index (χ4n) is 6.36. The molecule has 2 aromatic rings. The lowest BCUT2D eigenvalue weighted by atomic mass is 9.48. The number of nitrogens with zero attached hydrogens (tertiary/aromatic N) is 1. The second-order valence-corrected chi connectivity index (χ2v) is 8.82. The second-order valence-electron chi connectivity index (χ2n) is 8.82. The van der Waals surface area contributed by atoms with Crippen molar-refractivity contribution in [3.05, 3.63) is 70.8 Å². The number of rotatable bonds is 2. The van der Waals surface area contributed by atoms with E-state index in [1.165, 1.54) is 27.2 Å². The zero-order chi connectivity index (χ0) is 19.0. The highest BCUT2D eigenvalue weighted by Crippen LogP contribution is 2.66. The minimum absolute atomic E-state index is 0.0120. The monoisotopic (exact) mass is 373 g/mol. The van der Waals surface area contributed by atoms with Gasteiger partial charge in [-0.2, -0.15) is 0 Å². The molecular weight excluding hydrogens is 350 g/mol. The first-order chi connectivity index (χ1) is 13.6. The van der Waals surface area contributed by atoms with Gasteiger partial charge in [0.15, 0.2) is 0 Å². The normalized spacial score (nSPS) is 35.1. The Morgan fingerprint density at radius 1 is 1.00 bits per heavy atom. The summed E-state index contributed by atoms with van der Waals surface area (Å²) in [5.74, 6) is -0.468. The standard InChI is InChI=1S/C24H23NO3/c1-24-20-17-10-4-2-8-15(17)19(16-9-3-5-11-18(16)20)21(24)22(26)25(23(24)27)13-14-7-6-12-28-14/h2-5,8-11,14,19-21H,6-7,12-13H2,1H3/t14-,19?,20?,21+,24-/m0/s1. The van der Waals surface area contributed by atoms with Gasteiger partial charge in [-0.15, -0.1) is 0 Å². The highest BCUT2D eigenvalue weighted by atomic mass is 16.5. The van der Waals surface area contributed by atoms with Gasteiger partial charge in [0.2, 0.25) is 11.8 Å². The molecule has 0 spiro atoms. The van der Waals surface area contributed by atoms with Crippen molar-refractivity contribution in [2.75, 3.05) is 13.2 Å². The fourth-order valence-corrected chi connectivity index (χ4v) is 6.36. The van der Waals surface area contributed by atoms with Gasteiger partial charge >= 0.3 is 0 Å². The molecule has 2 aromatic carbocycles. The summed E-state index contributed by atoms with van der Waals surface area (Å²) in [6, 6.07) is 16.8. The molecule has 0 aromatic heterocycles. The van der Waals surface area contributed by atoms with Gasteiger partial charge in [0.25, 0.3) is 0 Å². The van der Waals surface area contributed by atoms with Crippen molar-refractivity contribution in [2.45, 2.75) is 37.7 Å². The number of carbonyl (C=O) groups excluding carboxylic acids is 2. The van der Waals surface area contributed by atoms with E-state index in [-0.39, 0.29) is 35.7 Å². The van der Waals surface area contributed by atoms with E-state index in [1.54, 1.807) is 0 Å². The summed E-state index contributed by atoms with van der Waals surface area (Å²) >= 11 is 0. The quantitative estimate of drug-likeness (QED) is 0.758. The summed E-state index contributed by atoms with van der Waals surface area (Å²) in [5.41, 5.74) is 4.14. The molecular formula is C24H23NO3. The number of hydrogen-bond donors (Lipinski definition) is 0. The van der Waals surface area contributed by atoms with Gasteiger partial charge in [0.05, 0.1) is 24.0 Å². The van der Waals surface area contributed by atoms with Crippen LogP contribution in [0, 0.1) is 11.3 Å². The van der Waals surface area contributed by atoms with Crippen LogP contribution in [-0.4, -0.2) is 36.0 Å². The Labute approximate surface area is 164 Å². The van der Waals surface area contributed by atoms with Crippen LogP contribution in [0.2, 0.25) is 0 Å². The third-order valence-corrected chi connectivity index (χ3v) is 7.51. The van der Waals surface area contributed by atoms with Crippen molar-refractivity contribution >= 4 is 11.8 Å². The third-order valence-electron chi connectivity index (χ3n) is 7.51. The van der Waals surface area contributed by atoms with E-state index in [0.29, 0.717) is 6.54 Å². The van der Waals surface area contributed by atoms with Gasteiger partial charge in [-0.1, -0.05) is 48.5 Å². The zero-order valence-electron chi connectivity index (χ0n) is 15.9. The number of imide groups is 1. The van der Waals surface area contributed by atoms with Gasteiger partial charge in [0, 0.05) is 18.4 Å². The molecule has 0 saturated carbocycles. The molecule has 0 unspecified atom stereocenters. The Morgan fingerprint density at radius 2 is 1.61 bits per heavy atom. The molecule has 2 fully saturated rings. The first-order valence-corrected chi connectivity index (χ1v) is 10.3. The van der Waals surface area contributed by atoms with Crippen LogP contribution in [0.3, 0.4) is 0 Å². The fraction of sp³-hybridized carbons (Fsp3) is 0.417. The number of ether oxygens (including phenoxy) is 1. The van der Waals surface area contributed by atoms with Gasteiger partial charge < -0.3 is 4.74 Å². The first-order valence-electron chi connectivity index (χ1n) is 10.3. The SMILES string of the molecule is C[C@@]12C(=O)N(C[C@@H]3CCCO3)C(=O)[C@H]1C1c3ccccc3C2c2ccccc21. The first kappa shape index (κ1) is 16.5. The average molecular weight is 373 g/mol. The van der Waals surface area contributed by atoms with Gasteiger partial charge in [-0.3, -0.25) is 14.5 Å². The Morgan fingerprint density at radius 3 is 2.18 bits per heavy atom. The molecule has 2 aliphatic heterocycles. The van der Waals surface area contributed by atoms with Crippen molar-refractivity contribution in [3.8, 4) is 0 Å². The summed E-state index contributed by atoms with van der Waals surface area (Å²) in [6.45, 7) is 3.15. The Kier molecular flexibility index (Phi) is 3.26. The van der Waals surface area contributed by atoms with Crippen LogP contribution in [0.5, 0.6) is 0 Å². The van der Waals surface area contributed by atoms with Crippen LogP contribution >= 0.6 is 0 Å². The minimum Gasteiger partial charge on any atom is -0.376 e. The van der Waals surface area contributed by atoms with Crippen molar-refractivity contribution in [1.82, 2.24) is 4.90 Å². The lowest BCUT2D eigenvalue weighted by Gasteiger charge is -2.51. The lowest BCUT2D eigenvalue weighted by molar-refractivity contribution is -0.143. The summed E-state index contributed by atoms with van der Waals surface area (Å²) in [5, 5.41) is 0. The molecule has 0 N–H and O–H groups in total. The van der Waals surface area contributed by atoms with E-state index in [0.717, 1.165) is 19.4 Å². The van der Waals surface area contributed by atoms with Crippen LogP contribution in [0.25, 0.3) is 0 Å². The van der Waals surface area contributed by atoms with Crippen LogP contribution in [0.4, 0.5) is 0 Å². The Hall–Kier alpha value is -2.46. The van der Waals surface area contributed by atoms with Gasteiger partial charge in [0.1, 0.15) is 0 Å². The Bertz CT molecular complexity index is 961. The van der Waals surface area contributed by atoms with Crippen LogP contribution < -0.4 is 0 Å². The molecule has 0 radical (unpaired) electrons. The molecule has 4 nitrogen and oxygen atoms in total. The molecule has 4 heteroatoms. The predicted molar refractivity (Wildman–Crippen MR) is 104 cm³/mol. The van der Waals surface area contributed by atoms with E-state index >= 15 is 0 Å². The second kappa shape index (κ2) is 5.54. The smallest absolute Gasteiger partial charge is 0.237 e. The van der Waals surface area contributed by atoms with Crippen molar-refractivity contribution in [1.29, 1.82) is 0 Å². The largest absolute Gasteiger partial charge is 0.376 e. The molecule has 142 valence electrons. The summed E-state index contributed by atoms with van der Waals surface area (Å²) < 4.78 is 5.74. The number of carbonyl (C=O) groups is 2. The molecule has 28 heavy (non-hydrogen) atoms. The van der Waals surface area contributed by atoms with E-state index in [1.807, 2.05) is 31.2 Å². The van der Waals surface area contributed by atoms with Gasteiger partial charge in [-0.05, 0) is 42.0 Å². The topological polar surface area (TPSA) is 46.6 Å². The van der Waals surface area contributed by atoms with Crippen LogP contribution in [0.15, 0.2) is 48.5 Å². The number of hydrogen-bond acceptors (Lipinski definition) is 3. The van der Waals surface area contributed by atoms with E-state index in [9.17, 15) is 9.59 Å². The molecule has 2 saturated heterocycles. The molecule has 2 heterocycles. The van der Waals surface area contributed by atoms with Crippen LogP contribution in [-0.2, 0) is 14.3 Å². The average Bonchev–Trinajstić information content (AvgIpc) is 3.30. The number of amides is 2. The maximum absolute atomic E-state index is 13.7. The highest BCUT2D eigenvalue weighted by Gasteiger charge is 2.68. The van der Waals surface area contributed by atoms with Crippen molar-refractivity contribution < 1.29 is 14.3 Å². The molecule has 2 amide bonds. The zero-order valence-corrected chi connectivity index (χ0v) is 15.9. The third kappa shape index (κ3) is 1.84. The predicted octanol–water partition coefficient (Wildman–Crippen LogP) is 3.45.